The number of methoxy groups -OCH3 is 1. The van der Waals surface area contributed by atoms with Crippen molar-refractivity contribution in [3.8, 4) is 5.75 Å². The number of benzene rings is 2. The van der Waals surface area contributed by atoms with Crippen LogP contribution in [0, 0.1) is 6.92 Å². The molecule has 0 aliphatic heterocycles. The van der Waals surface area contributed by atoms with Crippen LogP contribution in [0.4, 0.5) is 0 Å². The van der Waals surface area contributed by atoms with E-state index in [2.05, 4.69) is 25.7 Å². The van der Waals surface area contributed by atoms with Crippen LogP contribution in [0.5, 0.6) is 5.75 Å². The normalized spacial score (nSPS) is 11.3. The summed E-state index contributed by atoms with van der Waals surface area (Å²) in [5, 5.41) is 8.79. The lowest BCUT2D eigenvalue weighted by atomic mass is 10.2. The summed E-state index contributed by atoms with van der Waals surface area (Å²) in [7, 11) is -4.40. The van der Waals surface area contributed by atoms with Gasteiger partial charge in [-0.1, -0.05) is 17.7 Å². The smallest absolute Gasteiger partial charge is 0.287 e. The van der Waals surface area contributed by atoms with Crippen molar-refractivity contribution in [2.45, 2.75) is 40.0 Å². The molecule has 0 saturated carbocycles. The zero-order valence-corrected chi connectivity index (χ0v) is 29.1. The summed E-state index contributed by atoms with van der Waals surface area (Å²) in [4.78, 5) is 32.3. The number of carbonyl (C=O) groups is 2. The number of hydrogen-bond acceptors (Lipinski definition) is 12. The monoisotopic (exact) mass is 732 g/mol. The van der Waals surface area contributed by atoms with Gasteiger partial charge in [0, 0.05) is 25.6 Å². The predicted molar refractivity (Wildman–Crippen MR) is 180 cm³/mol. The first kappa shape index (κ1) is 36.2. The molecule has 4 aromatic heterocycles. The van der Waals surface area contributed by atoms with Crippen molar-refractivity contribution < 1.29 is 40.0 Å². The third-order valence-electron chi connectivity index (χ3n) is 7.09. The molecule has 2 aromatic carbocycles. The molecule has 6 rings (SSSR count). The van der Waals surface area contributed by atoms with E-state index in [1.165, 1.54) is 86.4 Å². The largest absolute Gasteiger partial charge is 0.497 e. The van der Waals surface area contributed by atoms with Gasteiger partial charge in [0.15, 0.2) is 11.5 Å². The fourth-order valence-electron chi connectivity index (χ4n) is 4.37. The van der Waals surface area contributed by atoms with E-state index in [9.17, 15) is 26.4 Å². The number of carbonyl (C=O) groups excluding carboxylic acids is 2. The standard InChI is InChI=1S/C17H15N3O5S.C17H17N3O4S/c1-24-13-2-4-14(5-3-13)26(22,23)16-7-6-15(25-16)17(21)20-11-12-10-18-8-9-19-12;1-12-3-5-14(6-4-12)25(22,23)16-8-7-15(24-16)17(21)18-11-13-9-10-20(2)19-13/h2-10H,11H2,1H3,(H,20,21);3-10H,11H2,1-2H3,(H,18,21). The zero-order valence-electron chi connectivity index (χ0n) is 27.5. The Hall–Kier alpha value is -6.07. The molecular formula is C34H32N6O9S2. The second-order valence-corrected chi connectivity index (χ2v) is 14.5. The Labute approximate surface area is 293 Å². The van der Waals surface area contributed by atoms with Crippen LogP contribution in [0.15, 0.2) is 132 Å². The lowest BCUT2D eigenvalue weighted by molar-refractivity contribution is 0.0910. The summed E-state index contributed by atoms with van der Waals surface area (Å²) in [6.45, 7) is 2.24. The van der Waals surface area contributed by atoms with Gasteiger partial charge in [0.1, 0.15) is 5.75 Å². The lowest BCUT2D eigenvalue weighted by Crippen LogP contribution is -2.22. The fourth-order valence-corrected chi connectivity index (χ4v) is 6.72. The first-order valence-electron chi connectivity index (χ1n) is 15.1. The van der Waals surface area contributed by atoms with Crippen LogP contribution in [0.25, 0.3) is 0 Å². The average molecular weight is 733 g/mol. The molecule has 0 saturated heterocycles. The molecule has 0 fully saturated rings. The van der Waals surface area contributed by atoms with Crippen molar-refractivity contribution in [2.75, 3.05) is 7.11 Å². The van der Waals surface area contributed by atoms with Crippen LogP contribution in [0.1, 0.15) is 38.1 Å². The predicted octanol–water partition coefficient (Wildman–Crippen LogP) is 3.93. The Bertz CT molecular complexity index is 2330. The molecule has 2 N–H and O–H groups in total. The Balaban J connectivity index is 0.000000198. The van der Waals surface area contributed by atoms with Crippen LogP contribution < -0.4 is 15.4 Å². The minimum absolute atomic E-state index is 0.0409. The van der Waals surface area contributed by atoms with Crippen molar-refractivity contribution in [2.24, 2.45) is 7.05 Å². The van der Waals surface area contributed by atoms with Gasteiger partial charge in [-0.05, 0) is 73.7 Å². The Morgan fingerprint density at radius 2 is 1.25 bits per heavy atom. The Morgan fingerprint density at radius 1 is 0.725 bits per heavy atom. The van der Waals surface area contributed by atoms with Gasteiger partial charge in [0.2, 0.25) is 29.9 Å². The second kappa shape index (κ2) is 15.6. The van der Waals surface area contributed by atoms with Crippen LogP contribution in [-0.4, -0.2) is 55.5 Å². The van der Waals surface area contributed by atoms with Crippen LogP contribution in [0.2, 0.25) is 0 Å². The van der Waals surface area contributed by atoms with E-state index in [0.717, 1.165) is 5.56 Å². The van der Waals surface area contributed by atoms with E-state index in [-0.39, 0.29) is 44.6 Å². The number of ether oxygens (including phenoxy) is 1. The van der Waals surface area contributed by atoms with Gasteiger partial charge >= 0.3 is 0 Å². The second-order valence-electron chi connectivity index (χ2n) is 10.8. The fraction of sp³-hybridized carbons (Fsp3) is 0.147. The number of hydrogen-bond donors (Lipinski definition) is 2. The van der Waals surface area contributed by atoms with Gasteiger partial charge in [-0.2, -0.15) is 5.10 Å². The van der Waals surface area contributed by atoms with Crippen LogP contribution in [-0.2, 0) is 39.8 Å². The van der Waals surface area contributed by atoms with E-state index in [1.54, 1.807) is 36.1 Å². The minimum Gasteiger partial charge on any atom is -0.497 e. The molecule has 4 heterocycles. The van der Waals surface area contributed by atoms with Crippen molar-refractivity contribution >= 4 is 31.5 Å². The summed E-state index contributed by atoms with van der Waals surface area (Å²) in [5.74, 6) is -0.696. The number of rotatable bonds is 11. The number of furan rings is 2. The minimum atomic E-state index is -3.87. The number of sulfone groups is 2. The van der Waals surface area contributed by atoms with Crippen molar-refractivity contribution in [1.29, 1.82) is 0 Å². The average Bonchev–Trinajstić information content (AvgIpc) is 3.93. The van der Waals surface area contributed by atoms with E-state index < -0.39 is 31.5 Å². The van der Waals surface area contributed by atoms with Crippen molar-refractivity contribution in [3.63, 3.8) is 0 Å². The van der Waals surface area contributed by atoms with Gasteiger partial charge in [-0.3, -0.25) is 24.2 Å². The summed E-state index contributed by atoms with van der Waals surface area (Å²) >= 11 is 0. The van der Waals surface area contributed by atoms with Gasteiger partial charge in [0.25, 0.3) is 11.8 Å². The highest BCUT2D eigenvalue weighted by Gasteiger charge is 2.25. The molecule has 0 aliphatic rings. The van der Waals surface area contributed by atoms with E-state index in [0.29, 0.717) is 17.1 Å². The third kappa shape index (κ3) is 8.94. The van der Waals surface area contributed by atoms with E-state index >= 15 is 0 Å². The summed E-state index contributed by atoms with van der Waals surface area (Å²) in [6, 6.07) is 19.3. The van der Waals surface area contributed by atoms with Gasteiger partial charge in [-0.15, -0.1) is 0 Å². The molecule has 0 radical (unpaired) electrons. The highest BCUT2D eigenvalue weighted by Crippen LogP contribution is 2.25. The maximum Gasteiger partial charge on any atom is 0.287 e. The maximum atomic E-state index is 12.6. The third-order valence-corrected chi connectivity index (χ3v) is 10.4. The number of nitrogens with one attached hydrogen (secondary N) is 2. The summed E-state index contributed by atoms with van der Waals surface area (Å²) in [5.41, 5.74) is 2.21. The van der Waals surface area contributed by atoms with Gasteiger partial charge in [-0.25, -0.2) is 16.8 Å². The molecule has 0 aliphatic carbocycles. The van der Waals surface area contributed by atoms with Crippen molar-refractivity contribution in [1.82, 2.24) is 30.4 Å². The first-order valence-corrected chi connectivity index (χ1v) is 18.0. The molecule has 0 atom stereocenters. The molecule has 6 aromatic rings. The SMILES string of the molecule is COc1ccc(S(=O)(=O)c2ccc(C(=O)NCc3cnccn3)o2)cc1.Cc1ccc(S(=O)(=O)c2ccc(C(=O)NCc3ccn(C)n3)o2)cc1. The summed E-state index contributed by atoms with van der Waals surface area (Å²) in [6.07, 6.45) is 6.31. The molecule has 2 amide bonds. The maximum absolute atomic E-state index is 12.6. The topological polar surface area (TPSA) is 206 Å². The molecule has 17 heteroatoms. The Morgan fingerprint density at radius 3 is 1.73 bits per heavy atom. The summed E-state index contributed by atoms with van der Waals surface area (Å²) < 4.78 is 67.3. The van der Waals surface area contributed by atoms with Gasteiger partial charge < -0.3 is 24.2 Å². The quantitative estimate of drug-likeness (QED) is 0.194. The first-order chi connectivity index (χ1) is 24.4. The van der Waals surface area contributed by atoms with E-state index in [1.807, 2.05) is 6.92 Å². The molecule has 51 heavy (non-hydrogen) atoms. The number of amides is 2. The number of aromatic nitrogens is 4. The van der Waals surface area contributed by atoms with Crippen LogP contribution >= 0.6 is 0 Å². The van der Waals surface area contributed by atoms with Crippen molar-refractivity contribution in [3.05, 3.63) is 132 Å². The molecular weight excluding hydrogens is 701 g/mol. The highest BCUT2D eigenvalue weighted by molar-refractivity contribution is 7.91. The van der Waals surface area contributed by atoms with Gasteiger partial charge in [0.05, 0.1) is 47.6 Å². The van der Waals surface area contributed by atoms with Crippen LogP contribution in [0.3, 0.4) is 0 Å². The Kier molecular flexibility index (Phi) is 11.1. The zero-order chi connectivity index (χ0) is 36.6. The molecule has 0 spiro atoms. The molecule has 264 valence electrons. The van der Waals surface area contributed by atoms with E-state index in [4.69, 9.17) is 13.6 Å². The lowest BCUT2D eigenvalue weighted by Gasteiger charge is -2.04. The number of nitrogens with zero attached hydrogens (tertiary/aromatic N) is 4. The number of aryl methyl sites for hydroxylation is 2. The molecule has 15 nitrogen and oxygen atoms in total. The molecule has 0 bridgehead atoms. The highest BCUT2D eigenvalue weighted by atomic mass is 32.2. The molecule has 0 unspecified atom stereocenters.